The second-order valence-electron chi connectivity index (χ2n) is 6.85. The molecule has 0 fully saturated rings. The summed E-state index contributed by atoms with van der Waals surface area (Å²) in [6.07, 6.45) is 10.8. The number of aryl methyl sites for hydroxylation is 1. The first-order valence-corrected chi connectivity index (χ1v) is 9.67. The van der Waals surface area contributed by atoms with Crippen molar-refractivity contribution in [3.63, 3.8) is 0 Å². The number of benzene rings is 1. The maximum atomic E-state index is 6.14. The highest BCUT2D eigenvalue weighted by molar-refractivity contribution is 5.16. The summed E-state index contributed by atoms with van der Waals surface area (Å²) in [5, 5.41) is 3.58. The minimum Gasteiger partial charge on any atom is -0.330 e. The molecule has 0 aliphatic heterocycles. The maximum Gasteiger partial charge on any atom is 0.0165 e. The average Bonchev–Trinajstić information content (AvgIpc) is 2.65. The molecule has 25 heavy (non-hydrogen) atoms. The van der Waals surface area contributed by atoms with Gasteiger partial charge >= 0.3 is 0 Å². The van der Waals surface area contributed by atoms with E-state index in [0.29, 0.717) is 5.92 Å². The van der Waals surface area contributed by atoms with E-state index in [0.717, 1.165) is 45.3 Å². The molecule has 1 aromatic carbocycles. The van der Waals surface area contributed by atoms with Crippen LogP contribution in [0.4, 0.5) is 0 Å². The molecule has 1 aromatic rings. The average molecular weight is 344 g/mol. The zero-order valence-electron chi connectivity index (χ0n) is 15.9. The SMILES string of the molecule is C=C/C(=C\C)CCC(CCc1ccccc1)CNC[C@@H](N)CCCN. The molecule has 0 bridgehead atoms. The highest BCUT2D eigenvalue weighted by Crippen LogP contribution is 2.18. The normalized spacial score (nSPS) is 14.3. The third-order valence-electron chi connectivity index (χ3n) is 4.78. The van der Waals surface area contributed by atoms with Crippen molar-refractivity contribution in [3.05, 3.63) is 60.2 Å². The summed E-state index contributed by atoms with van der Waals surface area (Å²) in [5.41, 5.74) is 14.4. The molecule has 0 aliphatic rings. The lowest BCUT2D eigenvalue weighted by Crippen LogP contribution is -2.36. The molecule has 3 nitrogen and oxygen atoms in total. The number of nitrogens with two attached hydrogens (primary N) is 2. The number of hydrogen-bond acceptors (Lipinski definition) is 3. The van der Waals surface area contributed by atoms with Gasteiger partial charge in [-0.25, -0.2) is 0 Å². The van der Waals surface area contributed by atoms with E-state index in [9.17, 15) is 0 Å². The molecular formula is C22H37N3. The lowest BCUT2D eigenvalue weighted by atomic mass is 9.92. The van der Waals surface area contributed by atoms with Gasteiger partial charge in [-0.2, -0.15) is 0 Å². The Morgan fingerprint density at radius 1 is 1.16 bits per heavy atom. The quantitative estimate of drug-likeness (QED) is 0.450. The fourth-order valence-electron chi connectivity index (χ4n) is 3.05. The van der Waals surface area contributed by atoms with Crippen molar-refractivity contribution in [1.82, 2.24) is 5.32 Å². The van der Waals surface area contributed by atoms with Crippen molar-refractivity contribution < 1.29 is 0 Å². The Balaban J connectivity index is 2.44. The van der Waals surface area contributed by atoms with Crippen LogP contribution in [0.5, 0.6) is 0 Å². The van der Waals surface area contributed by atoms with Gasteiger partial charge in [0.2, 0.25) is 0 Å². The van der Waals surface area contributed by atoms with E-state index in [1.54, 1.807) is 0 Å². The van der Waals surface area contributed by atoms with Crippen molar-refractivity contribution in [1.29, 1.82) is 0 Å². The molecule has 0 aromatic heterocycles. The van der Waals surface area contributed by atoms with Gasteiger partial charge in [0.25, 0.3) is 0 Å². The molecule has 0 saturated heterocycles. The number of nitrogens with one attached hydrogen (secondary N) is 1. The van der Waals surface area contributed by atoms with Crippen LogP contribution in [0.15, 0.2) is 54.6 Å². The third-order valence-corrected chi connectivity index (χ3v) is 4.78. The van der Waals surface area contributed by atoms with Crippen LogP contribution < -0.4 is 16.8 Å². The first-order valence-electron chi connectivity index (χ1n) is 9.67. The van der Waals surface area contributed by atoms with E-state index >= 15 is 0 Å². The predicted octanol–water partition coefficient (Wildman–Crippen LogP) is 3.80. The topological polar surface area (TPSA) is 64.1 Å². The van der Waals surface area contributed by atoms with E-state index in [1.165, 1.54) is 24.0 Å². The molecule has 140 valence electrons. The molecule has 0 spiro atoms. The van der Waals surface area contributed by atoms with E-state index in [2.05, 4.69) is 55.2 Å². The summed E-state index contributed by atoms with van der Waals surface area (Å²) in [4.78, 5) is 0. The first kappa shape index (κ1) is 21.6. The Bertz CT molecular complexity index is 481. The lowest BCUT2D eigenvalue weighted by molar-refractivity contribution is 0.406. The Labute approximate surface area is 154 Å². The van der Waals surface area contributed by atoms with Gasteiger partial charge in [-0.3, -0.25) is 0 Å². The monoisotopic (exact) mass is 343 g/mol. The summed E-state index contributed by atoms with van der Waals surface area (Å²) >= 11 is 0. The molecule has 1 unspecified atom stereocenters. The smallest absolute Gasteiger partial charge is 0.0165 e. The van der Waals surface area contributed by atoms with Crippen LogP contribution in [0, 0.1) is 5.92 Å². The van der Waals surface area contributed by atoms with Crippen LogP contribution in [-0.4, -0.2) is 25.7 Å². The van der Waals surface area contributed by atoms with E-state index in [-0.39, 0.29) is 6.04 Å². The lowest BCUT2D eigenvalue weighted by Gasteiger charge is -2.20. The van der Waals surface area contributed by atoms with Crippen LogP contribution in [0.3, 0.4) is 0 Å². The zero-order valence-corrected chi connectivity index (χ0v) is 15.9. The summed E-state index contributed by atoms with van der Waals surface area (Å²) in [6.45, 7) is 8.62. The highest BCUT2D eigenvalue weighted by Gasteiger charge is 2.11. The van der Waals surface area contributed by atoms with Gasteiger partial charge in [0.1, 0.15) is 0 Å². The number of hydrogen-bond donors (Lipinski definition) is 3. The van der Waals surface area contributed by atoms with Crippen LogP contribution >= 0.6 is 0 Å². The van der Waals surface area contributed by atoms with Gasteiger partial charge in [-0.15, -0.1) is 0 Å². The summed E-state index contributed by atoms with van der Waals surface area (Å²) in [6, 6.07) is 11.0. The Kier molecular flexibility index (Phi) is 12.0. The van der Waals surface area contributed by atoms with Gasteiger partial charge in [-0.05, 0) is 70.0 Å². The molecule has 0 heterocycles. The molecule has 0 amide bonds. The molecule has 1 rings (SSSR count). The first-order chi connectivity index (χ1) is 12.2. The van der Waals surface area contributed by atoms with Crippen molar-refractivity contribution in [2.24, 2.45) is 17.4 Å². The number of rotatable bonds is 14. The Hall–Kier alpha value is -1.42. The minimum absolute atomic E-state index is 0.206. The highest BCUT2D eigenvalue weighted by atomic mass is 14.9. The molecule has 0 aliphatic carbocycles. The van der Waals surface area contributed by atoms with Crippen molar-refractivity contribution >= 4 is 0 Å². The molecular weight excluding hydrogens is 306 g/mol. The largest absolute Gasteiger partial charge is 0.330 e. The van der Waals surface area contributed by atoms with Gasteiger partial charge in [-0.1, -0.05) is 54.6 Å². The minimum atomic E-state index is 0.206. The predicted molar refractivity (Wildman–Crippen MR) is 111 cm³/mol. The van der Waals surface area contributed by atoms with Crippen LogP contribution in [0.2, 0.25) is 0 Å². The van der Waals surface area contributed by atoms with Crippen LogP contribution in [-0.2, 0) is 6.42 Å². The Morgan fingerprint density at radius 2 is 1.92 bits per heavy atom. The van der Waals surface area contributed by atoms with Gasteiger partial charge in [0.15, 0.2) is 0 Å². The molecule has 3 heteroatoms. The van der Waals surface area contributed by atoms with Gasteiger partial charge in [0.05, 0.1) is 0 Å². The fourth-order valence-corrected chi connectivity index (χ4v) is 3.05. The van der Waals surface area contributed by atoms with E-state index < -0.39 is 0 Å². The summed E-state index contributed by atoms with van der Waals surface area (Å²) < 4.78 is 0. The Morgan fingerprint density at radius 3 is 2.56 bits per heavy atom. The molecule has 2 atom stereocenters. The second-order valence-corrected chi connectivity index (χ2v) is 6.85. The second kappa shape index (κ2) is 13.8. The summed E-state index contributed by atoms with van der Waals surface area (Å²) in [7, 11) is 0. The molecule has 0 saturated carbocycles. The third kappa shape index (κ3) is 10.2. The fraction of sp³-hybridized carbons (Fsp3) is 0.545. The van der Waals surface area contributed by atoms with E-state index in [1.807, 2.05) is 6.08 Å². The molecule has 0 radical (unpaired) electrons. The van der Waals surface area contributed by atoms with Crippen molar-refractivity contribution in [2.45, 2.75) is 51.5 Å². The standard InChI is InChI=1S/C22H37N3/c1-3-19(4-2)12-14-21(15-13-20-9-6-5-7-10-20)17-25-18-22(24)11-8-16-23/h3-7,9-10,21-22,25H,1,8,11-18,23-24H2,2H3/b19-4+/t21?,22-/m0/s1. The van der Waals surface area contributed by atoms with E-state index in [4.69, 9.17) is 11.5 Å². The zero-order chi connectivity index (χ0) is 18.3. The summed E-state index contributed by atoms with van der Waals surface area (Å²) in [5.74, 6) is 0.650. The van der Waals surface area contributed by atoms with Crippen molar-refractivity contribution in [3.8, 4) is 0 Å². The van der Waals surface area contributed by atoms with Crippen LogP contribution in [0.25, 0.3) is 0 Å². The van der Waals surface area contributed by atoms with Crippen molar-refractivity contribution in [2.75, 3.05) is 19.6 Å². The van der Waals surface area contributed by atoms with Gasteiger partial charge < -0.3 is 16.8 Å². The van der Waals surface area contributed by atoms with Gasteiger partial charge in [0, 0.05) is 12.6 Å². The van der Waals surface area contributed by atoms with Crippen LogP contribution in [0.1, 0.15) is 44.6 Å². The maximum absolute atomic E-state index is 6.14. The number of allylic oxidation sites excluding steroid dienone is 3. The molecule has 5 N–H and O–H groups in total.